The van der Waals surface area contributed by atoms with Crippen molar-refractivity contribution in [1.29, 1.82) is 0 Å². The van der Waals surface area contributed by atoms with Crippen LogP contribution in [0.3, 0.4) is 0 Å². The van der Waals surface area contributed by atoms with Gasteiger partial charge in [-0.1, -0.05) is 12.7 Å². The van der Waals surface area contributed by atoms with Gasteiger partial charge in [-0.05, 0) is 19.4 Å². The number of likely N-dealkylation sites (N-methyl/N-ethyl adjacent to an activating group) is 1. The molecule has 0 aliphatic carbocycles. The highest BCUT2D eigenvalue weighted by molar-refractivity contribution is 5.22. The van der Waals surface area contributed by atoms with Crippen molar-refractivity contribution in [3.05, 3.63) is 23.9 Å². The predicted octanol–water partition coefficient (Wildman–Crippen LogP) is 1.69. The zero-order valence-corrected chi connectivity index (χ0v) is 5.78. The monoisotopic (exact) mass is 111 g/mol. The van der Waals surface area contributed by atoms with Gasteiger partial charge in [0, 0.05) is 12.7 Å². The van der Waals surface area contributed by atoms with E-state index in [1.807, 2.05) is 27.0 Å². The molecule has 0 aromatic carbocycles. The van der Waals surface area contributed by atoms with Crippen LogP contribution < -0.4 is 5.32 Å². The van der Waals surface area contributed by atoms with E-state index in [0.717, 1.165) is 11.3 Å². The summed E-state index contributed by atoms with van der Waals surface area (Å²) in [5.74, 6) is 0. The quantitative estimate of drug-likeness (QED) is 0.535. The Kier molecular flexibility index (Phi) is 3.01. The topological polar surface area (TPSA) is 12.0 Å². The van der Waals surface area contributed by atoms with Crippen LogP contribution in [0.15, 0.2) is 23.9 Å². The number of rotatable bonds is 2. The molecule has 0 aromatic heterocycles. The molecule has 0 radical (unpaired) electrons. The van der Waals surface area contributed by atoms with Gasteiger partial charge in [0.05, 0.1) is 0 Å². The Morgan fingerprint density at radius 2 is 2.12 bits per heavy atom. The van der Waals surface area contributed by atoms with E-state index in [2.05, 4.69) is 11.9 Å². The lowest BCUT2D eigenvalue weighted by atomic mass is 10.2. The highest BCUT2D eigenvalue weighted by Crippen LogP contribution is 1.99. The second-order valence-corrected chi connectivity index (χ2v) is 1.73. The van der Waals surface area contributed by atoms with Gasteiger partial charge >= 0.3 is 0 Å². The van der Waals surface area contributed by atoms with Gasteiger partial charge < -0.3 is 5.32 Å². The molecule has 0 saturated carbocycles. The Morgan fingerprint density at radius 1 is 1.62 bits per heavy atom. The van der Waals surface area contributed by atoms with Gasteiger partial charge in [0.15, 0.2) is 0 Å². The van der Waals surface area contributed by atoms with Crippen molar-refractivity contribution in [3.63, 3.8) is 0 Å². The lowest BCUT2D eigenvalue weighted by molar-refractivity contribution is 0.996. The zero-order chi connectivity index (χ0) is 6.57. The van der Waals surface area contributed by atoms with Crippen molar-refractivity contribution in [1.82, 2.24) is 5.32 Å². The fourth-order valence-corrected chi connectivity index (χ4v) is 0.604. The summed E-state index contributed by atoms with van der Waals surface area (Å²) in [5.41, 5.74) is 2.19. The second-order valence-electron chi connectivity index (χ2n) is 1.73. The van der Waals surface area contributed by atoms with E-state index in [0.29, 0.717) is 0 Å². The highest BCUT2D eigenvalue weighted by atomic mass is 14.8. The molecule has 0 heterocycles. The normalized spacial score (nSPS) is 11.1. The van der Waals surface area contributed by atoms with E-state index < -0.39 is 0 Å². The molecule has 46 valence electrons. The smallest absolute Gasteiger partial charge is 0.0317 e. The lowest BCUT2D eigenvalue weighted by Gasteiger charge is -2.02. The highest BCUT2D eigenvalue weighted by Gasteiger charge is 1.87. The van der Waals surface area contributed by atoms with Gasteiger partial charge in [0.25, 0.3) is 0 Å². The van der Waals surface area contributed by atoms with Gasteiger partial charge in [-0.25, -0.2) is 0 Å². The summed E-state index contributed by atoms with van der Waals surface area (Å²) < 4.78 is 0. The first-order valence-corrected chi connectivity index (χ1v) is 2.72. The summed E-state index contributed by atoms with van der Waals surface area (Å²) in [6, 6.07) is 0. The van der Waals surface area contributed by atoms with Crippen LogP contribution in [0.2, 0.25) is 0 Å². The molecular weight excluding hydrogens is 98.1 g/mol. The van der Waals surface area contributed by atoms with Crippen molar-refractivity contribution in [2.24, 2.45) is 0 Å². The van der Waals surface area contributed by atoms with Crippen LogP contribution in [-0.4, -0.2) is 7.05 Å². The van der Waals surface area contributed by atoms with Gasteiger partial charge in [0.1, 0.15) is 0 Å². The molecule has 1 heteroatoms. The Morgan fingerprint density at radius 3 is 2.12 bits per heavy atom. The first-order chi connectivity index (χ1) is 3.72. The minimum Gasteiger partial charge on any atom is -0.388 e. The van der Waals surface area contributed by atoms with Crippen molar-refractivity contribution in [2.75, 3.05) is 7.05 Å². The standard InChI is InChI=1S/C7H13N/c1-5-7(8-4)6(2)3/h5,8H,2H2,1,3-4H3/b7-5-. The SMILES string of the molecule is C=C(C)/C(=C/C)NC. The summed E-state index contributed by atoms with van der Waals surface area (Å²) in [5, 5.41) is 3.01. The average Bonchev–Trinajstić information content (AvgIpc) is 1.69. The van der Waals surface area contributed by atoms with Gasteiger partial charge in [-0.15, -0.1) is 0 Å². The molecule has 0 amide bonds. The van der Waals surface area contributed by atoms with Crippen LogP contribution >= 0.6 is 0 Å². The van der Waals surface area contributed by atoms with Gasteiger partial charge in [-0.2, -0.15) is 0 Å². The van der Waals surface area contributed by atoms with Crippen molar-refractivity contribution in [2.45, 2.75) is 13.8 Å². The summed E-state index contributed by atoms with van der Waals surface area (Å²) in [4.78, 5) is 0. The molecule has 0 fully saturated rings. The van der Waals surface area contributed by atoms with Crippen LogP contribution in [0.1, 0.15) is 13.8 Å². The van der Waals surface area contributed by atoms with Crippen LogP contribution in [0, 0.1) is 0 Å². The second kappa shape index (κ2) is 3.30. The maximum atomic E-state index is 3.77. The molecule has 8 heavy (non-hydrogen) atoms. The largest absolute Gasteiger partial charge is 0.388 e. The molecule has 0 aromatic rings. The van der Waals surface area contributed by atoms with E-state index in [-0.39, 0.29) is 0 Å². The van der Waals surface area contributed by atoms with Crippen LogP contribution in [-0.2, 0) is 0 Å². The molecule has 1 N–H and O–H groups in total. The average molecular weight is 111 g/mol. The first kappa shape index (κ1) is 7.28. The van der Waals surface area contributed by atoms with Crippen molar-refractivity contribution in [3.8, 4) is 0 Å². The first-order valence-electron chi connectivity index (χ1n) is 2.72. The van der Waals surface area contributed by atoms with E-state index in [4.69, 9.17) is 0 Å². The van der Waals surface area contributed by atoms with E-state index in [1.54, 1.807) is 0 Å². The Labute approximate surface area is 51.1 Å². The summed E-state index contributed by atoms with van der Waals surface area (Å²) in [6.07, 6.45) is 2.00. The fraction of sp³-hybridized carbons (Fsp3) is 0.429. The summed E-state index contributed by atoms with van der Waals surface area (Å²) in [7, 11) is 1.89. The zero-order valence-electron chi connectivity index (χ0n) is 5.78. The summed E-state index contributed by atoms with van der Waals surface area (Å²) in [6.45, 7) is 7.73. The predicted molar refractivity (Wildman–Crippen MR) is 37.6 cm³/mol. The molecule has 0 bridgehead atoms. The molecule has 0 rings (SSSR count). The van der Waals surface area contributed by atoms with Crippen LogP contribution in [0.5, 0.6) is 0 Å². The van der Waals surface area contributed by atoms with Crippen LogP contribution in [0.25, 0.3) is 0 Å². The lowest BCUT2D eigenvalue weighted by Crippen LogP contribution is -2.05. The number of nitrogens with one attached hydrogen (secondary N) is 1. The molecule has 0 aliphatic heterocycles. The Hall–Kier alpha value is -0.720. The van der Waals surface area contributed by atoms with E-state index in [9.17, 15) is 0 Å². The summed E-state index contributed by atoms with van der Waals surface area (Å²) >= 11 is 0. The molecule has 0 aliphatic rings. The molecule has 1 nitrogen and oxygen atoms in total. The Balaban J connectivity index is 3.92. The molecule has 0 atom stereocenters. The third kappa shape index (κ3) is 1.82. The third-order valence-corrected chi connectivity index (χ3v) is 1.02. The molecular formula is C7H13N. The molecule has 0 spiro atoms. The van der Waals surface area contributed by atoms with Crippen LogP contribution in [0.4, 0.5) is 0 Å². The van der Waals surface area contributed by atoms with Gasteiger partial charge in [0.2, 0.25) is 0 Å². The number of allylic oxidation sites excluding steroid dienone is 2. The van der Waals surface area contributed by atoms with E-state index in [1.165, 1.54) is 0 Å². The van der Waals surface area contributed by atoms with Crippen molar-refractivity contribution >= 4 is 0 Å². The maximum Gasteiger partial charge on any atom is 0.0317 e. The Bertz CT molecular complexity index is 112. The third-order valence-electron chi connectivity index (χ3n) is 1.02. The number of hydrogen-bond acceptors (Lipinski definition) is 1. The van der Waals surface area contributed by atoms with Gasteiger partial charge in [-0.3, -0.25) is 0 Å². The fourth-order valence-electron chi connectivity index (χ4n) is 0.604. The van der Waals surface area contributed by atoms with Crippen molar-refractivity contribution < 1.29 is 0 Å². The number of hydrogen-bond donors (Lipinski definition) is 1. The maximum absolute atomic E-state index is 3.77. The minimum absolute atomic E-state index is 1.08. The minimum atomic E-state index is 1.08. The molecule has 0 saturated heterocycles. The van der Waals surface area contributed by atoms with E-state index >= 15 is 0 Å². The molecule has 0 unspecified atom stereocenters.